The second-order valence-electron chi connectivity index (χ2n) is 4.66. The molecule has 1 aromatic heterocycles. The first-order valence-electron chi connectivity index (χ1n) is 6.51. The molecule has 0 saturated carbocycles. The van der Waals surface area contributed by atoms with Gasteiger partial charge in [0.25, 0.3) is 0 Å². The van der Waals surface area contributed by atoms with E-state index in [-0.39, 0.29) is 0 Å². The molecular formula is C16H14BrClN2O. The number of fused-ring (bicyclic) bond motifs is 1. The number of methoxy groups -OCH3 is 1. The number of nitrogens with one attached hydrogen (secondary N) is 2. The van der Waals surface area contributed by atoms with Crippen LogP contribution < -0.4 is 10.1 Å². The number of aromatic nitrogens is 1. The van der Waals surface area contributed by atoms with Gasteiger partial charge in [-0.1, -0.05) is 29.8 Å². The molecule has 108 valence electrons. The lowest BCUT2D eigenvalue weighted by Crippen LogP contribution is -2.01. The number of H-pyrrole nitrogens is 1. The van der Waals surface area contributed by atoms with Crippen molar-refractivity contribution in [3.63, 3.8) is 0 Å². The third-order valence-electron chi connectivity index (χ3n) is 3.34. The number of para-hydroxylation sites is 1. The zero-order valence-electron chi connectivity index (χ0n) is 11.4. The van der Waals surface area contributed by atoms with Gasteiger partial charge in [0.1, 0.15) is 5.75 Å². The zero-order valence-corrected chi connectivity index (χ0v) is 13.8. The van der Waals surface area contributed by atoms with E-state index < -0.39 is 0 Å². The van der Waals surface area contributed by atoms with Gasteiger partial charge >= 0.3 is 0 Å². The van der Waals surface area contributed by atoms with Gasteiger partial charge in [0, 0.05) is 21.4 Å². The Hall–Kier alpha value is -1.65. The first-order chi connectivity index (χ1) is 10.2. The lowest BCUT2D eigenvalue weighted by molar-refractivity contribution is 0.415. The number of aromatic amines is 1. The third kappa shape index (κ3) is 2.87. The van der Waals surface area contributed by atoms with Gasteiger partial charge in [-0.25, -0.2) is 0 Å². The summed E-state index contributed by atoms with van der Waals surface area (Å²) in [6, 6.07) is 13.8. The van der Waals surface area contributed by atoms with Crippen molar-refractivity contribution in [2.45, 2.75) is 6.54 Å². The molecule has 3 nitrogen and oxygen atoms in total. The summed E-state index contributed by atoms with van der Waals surface area (Å²) in [5.41, 5.74) is 2.97. The van der Waals surface area contributed by atoms with Crippen LogP contribution in [0.5, 0.6) is 5.75 Å². The fourth-order valence-corrected chi connectivity index (χ4v) is 2.90. The summed E-state index contributed by atoms with van der Waals surface area (Å²) < 4.78 is 6.22. The smallest absolute Gasteiger partial charge is 0.121 e. The van der Waals surface area contributed by atoms with Gasteiger partial charge in [0.2, 0.25) is 0 Å². The molecule has 0 aliphatic rings. The largest absolute Gasteiger partial charge is 0.497 e. The summed E-state index contributed by atoms with van der Waals surface area (Å²) in [4.78, 5) is 3.34. The van der Waals surface area contributed by atoms with Crippen LogP contribution in [-0.4, -0.2) is 12.1 Å². The summed E-state index contributed by atoms with van der Waals surface area (Å²) in [6.07, 6.45) is 0. The quantitative estimate of drug-likeness (QED) is 0.666. The monoisotopic (exact) mass is 364 g/mol. The summed E-state index contributed by atoms with van der Waals surface area (Å²) in [7, 11) is 1.65. The average Bonchev–Trinajstić information content (AvgIpc) is 2.83. The molecule has 0 atom stereocenters. The molecule has 0 bridgehead atoms. The van der Waals surface area contributed by atoms with E-state index in [2.05, 4.69) is 26.2 Å². The van der Waals surface area contributed by atoms with E-state index in [9.17, 15) is 0 Å². The normalized spacial score (nSPS) is 10.8. The first-order valence-corrected chi connectivity index (χ1v) is 7.68. The molecular weight excluding hydrogens is 352 g/mol. The van der Waals surface area contributed by atoms with Crippen molar-refractivity contribution in [3.8, 4) is 5.75 Å². The summed E-state index contributed by atoms with van der Waals surface area (Å²) in [5, 5.41) is 5.17. The molecule has 0 aliphatic heterocycles. The van der Waals surface area contributed by atoms with E-state index in [4.69, 9.17) is 16.3 Å². The van der Waals surface area contributed by atoms with Gasteiger partial charge in [-0.15, -0.1) is 0 Å². The Kier molecular flexibility index (Phi) is 4.08. The van der Waals surface area contributed by atoms with Crippen molar-refractivity contribution in [3.05, 3.63) is 57.7 Å². The van der Waals surface area contributed by atoms with Gasteiger partial charge in [-0.2, -0.15) is 0 Å². The van der Waals surface area contributed by atoms with Crippen LogP contribution in [0.1, 0.15) is 5.69 Å². The summed E-state index contributed by atoms with van der Waals surface area (Å²) in [5.74, 6) is 0.809. The fourth-order valence-electron chi connectivity index (χ4n) is 2.24. The van der Waals surface area contributed by atoms with Crippen LogP contribution in [0.4, 0.5) is 5.69 Å². The highest BCUT2D eigenvalue weighted by molar-refractivity contribution is 9.10. The molecule has 0 unspecified atom stereocenters. The predicted octanol–water partition coefficient (Wildman–Crippen LogP) is 5.20. The van der Waals surface area contributed by atoms with Crippen LogP contribution in [0.2, 0.25) is 5.02 Å². The topological polar surface area (TPSA) is 37.0 Å². The van der Waals surface area contributed by atoms with Crippen LogP contribution in [0.3, 0.4) is 0 Å². The number of halogens is 2. The minimum absolute atomic E-state index is 0.610. The van der Waals surface area contributed by atoms with Crippen molar-refractivity contribution in [1.29, 1.82) is 0 Å². The molecule has 0 aliphatic carbocycles. The minimum atomic E-state index is 0.610. The van der Waals surface area contributed by atoms with Crippen LogP contribution in [0.15, 0.2) is 46.9 Å². The first kappa shape index (κ1) is 14.3. The van der Waals surface area contributed by atoms with Gasteiger partial charge in [-0.3, -0.25) is 0 Å². The maximum atomic E-state index is 6.41. The van der Waals surface area contributed by atoms with E-state index in [1.165, 1.54) is 0 Å². The molecule has 3 aromatic rings. The van der Waals surface area contributed by atoms with E-state index in [0.29, 0.717) is 6.54 Å². The molecule has 0 fully saturated rings. The second kappa shape index (κ2) is 6.00. The van der Waals surface area contributed by atoms with Crippen molar-refractivity contribution < 1.29 is 4.74 Å². The molecule has 2 aromatic carbocycles. The summed E-state index contributed by atoms with van der Waals surface area (Å²) in [6.45, 7) is 0.610. The van der Waals surface area contributed by atoms with Gasteiger partial charge in [0.05, 0.1) is 30.1 Å². The van der Waals surface area contributed by atoms with Gasteiger partial charge in [-0.05, 0) is 34.1 Å². The van der Waals surface area contributed by atoms with Crippen molar-refractivity contribution in [2.75, 3.05) is 12.4 Å². The van der Waals surface area contributed by atoms with Crippen molar-refractivity contribution in [2.24, 2.45) is 0 Å². The van der Waals surface area contributed by atoms with Crippen LogP contribution in [0.25, 0.3) is 10.9 Å². The van der Waals surface area contributed by atoms with Crippen LogP contribution >= 0.6 is 27.5 Å². The van der Waals surface area contributed by atoms with Crippen LogP contribution in [-0.2, 0) is 6.54 Å². The number of benzene rings is 2. The molecule has 2 N–H and O–H groups in total. The Labute approximate surface area is 136 Å². The Balaban J connectivity index is 1.85. The standard InChI is InChI=1S/C16H14BrClN2O/c1-21-10-6-7-12(17)14(8-10)19-9-15-16(18)11-4-2-3-5-13(11)20-15/h2-8,19-20H,9H2,1H3. The number of hydrogen-bond acceptors (Lipinski definition) is 2. The Morgan fingerprint density at radius 2 is 2.05 bits per heavy atom. The lowest BCUT2D eigenvalue weighted by atomic mass is 10.2. The Bertz CT molecular complexity index is 785. The fraction of sp³-hybridized carbons (Fsp3) is 0.125. The van der Waals surface area contributed by atoms with Gasteiger partial charge in [0.15, 0.2) is 0 Å². The molecule has 0 amide bonds. The predicted molar refractivity (Wildman–Crippen MR) is 91.3 cm³/mol. The average molecular weight is 366 g/mol. The molecule has 21 heavy (non-hydrogen) atoms. The van der Waals surface area contributed by atoms with E-state index in [0.717, 1.165) is 37.5 Å². The SMILES string of the molecule is COc1ccc(Br)c(NCc2[nH]c3ccccc3c2Cl)c1. The highest BCUT2D eigenvalue weighted by atomic mass is 79.9. The highest BCUT2D eigenvalue weighted by Gasteiger charge is 2.09. The van der Waals surface area contributed by atoms with E-state index in [1.807, 2.05) is 42.5 Å². The van der Waals surface area contributed by atoms with Crippen molar-refractivity contribution >= 4 is 44.1 Å². The maximum Gasteiger partial charge on any atom is 0.121 e. The van der Waals surface area contributed by atoms with Crippen LogP contribution in [0, 0.1) is 0 Å². The number of hydrogen-bond donors (Lipinski definition) is 2. The van der Waals surface area contributed by atoms with E-state index in [1.54, 1.807) is 7.11 Å². The molecule has 0 saturated heterocycles. The third-order valence-corrected chi connectivity index (χ3v) is 4.47. The molecule has 1 heterocycles. The summed E-state index contributed by atoms with van der Waals surface area (Å²) >= 11 is 9.94. The molecule has 3 rings (SSSR count). The molecule has 5 heteroatoms. The minimum Gasteiger partial charge on any atom is -0.497 e. The number of anilines is 1. The maximum absolute atomic E-state index is 6.41. The highest BCUT2D eigenvalue weighted by Crippen LogP contribution is 2.30. The van der Waals surface area contributed by atoms with Crippen molar-refractivity contribution in [1.82, 2.24) is 4.98 Å². The van der Waals surface area contributed by atoms with E-state index >= 15 is 0 Å². The Morgan fingerprint density at radius 1 is 1.24 bits per heavy atom. The second-order valence-corrected chi connectivity index (χ2v) is 5.89. The number of rotatable bonds is 4. The van der Waals surface area contributed by atoms with Gasteiger partial charge < -0.3 is 15.0 Å². The Morgan fingerprint density at radius 3 is 2.81 bits per heavy atom. The molecule has 0 spiro atoms. The number of ether oxygens (including phenoxy) is 1. The lowest BCUT2D eigenvalue weighted by Gasteiger charge is -2.10. The molecule has 0 radical (unpaired) electrons. The zero-order chi connectivity index (χ0) is 14.8.